The summed E-state index contributed by atoms with van der Waals surface area (Å²) in [4.78, 5) is 3.29. The van der Waals surface area contributed by atoms with Gasteiger partial charge in [0.2, 0.25) is 0 Å². The molecule has 1 aromatic heterocycles. The number of aliphatic hydroxyl groups excluding tert-OH is 1. The summed E-state index contributed by atoms with van der Waals surface area (Å²) in [5.74, 6) is 0. The Balaban J connectivity index is 2.37. The molecule has 0 saturated heterocycles. The Morgan fingerprint density at radius 3 is 3.00 bits per heavy atom. The summed E-state index contributed by atoms with van der Waals surface area (Å²) in [5.41, 5.74) is 3.15. The maximum absolute atomic E-state index is 9.50. The molecule has 0 amide bonds. The van der Waals surface area contributed by atoms with Gasteiger partial charge >= 0.3 is 0 Å². The number of aliphatic hydroxyl groups is 1. The Kier molecular flexibility index (Phi) is 2.83. The van der Waals surface area contributed by atoms with E-state index < -0.39 is 0 Å². The predicted molar refractivity (Wildman–Crippen MR) is 72.5 cm³/mol. The summed E-state index contributed by atoms with van der Waals surface area (Å²) in [5, 5.41) is 19.9. The lowest BCUT2D eigenvalue weighted by molar-refractivity contribution is 0.280. The second-order valence-electron chi connectivity index (χ2n) is 4.73. The first-order chi connectivity index (χ1) is 8.74. The highest BCUT2D eigenvalue weighted by atomic mass is 32.1. The Morgan fingerprint density at radius 2 is 2.28 bits per heavy atom. The standard InChI is InChI=1S/C14H14N2OS/c1-16-5-4-10-9(6-15)2-3-12-14(10)11(7-16)13(8-17)18-12/h2-3,17H,4-5,7-8H2,1H3. The fourth-order valence-electron chi connectivity index (χ4n) is 2.69. The van der Waals surface area contributed by atoms with Crippen LogP contribution < -0.4 is 0 Å². The second kappa shape index (κ2) is 4.36. The Hall–Kier alpha value is -1.41. The summed E-state index contributed by atoms with van der Waals surface area (Å²) in [6.45, 7) is 1.90. The van der Waals surface area contributed by atoms with Crippen molar-refractivity contribution < 1.29 is 5.11 Å². The zero-order chi connectivity index (χ0) is 12.7. The molecule has 0 saturated carbocycles. The van der Waals surface area contributed by atoms with E-state index in [2.05, 4.69) is 18.0 Å². The van der Waals surface area contributed by atoms with Crippen LogP contribution in [0.4, 0.5) is 0 Å². The number of hydrogen-bond donors (Lipinski definition) is 1. The van der Waals surface area contributed by atoms with Crippen molar-refractivity contribution in [3.63, 3.8) is 0 Å². The van der Waals surface area contributed by atoms with Crippen LogP contribution in [0.3, 0.4) is 0 Å². The van der Waals surface area contributed by atoms with Crippen molar-refractivity contribution in [3.8, 4) is 6.07 Å². The average Bonchev–Trinajstić information content (AvgIpc) is 2.63. The third kappa shape index (κ3) is 1.64. The Morgan fingerprint density at radius 1 is 1.44 bits per heavy atom. The van der Waals surface area contributed by atoms with Crippen molar-refractivity contribution >= 4 is 21.4 Å². The minimum absolute atomic E-state index is 0.0871. The molecule has 0 atom stereocenters. The number of benzene rings is 1. The zero-order valence-corrected chi connectivity index (χ0v) is 11.0. The van der Waals surface area contributed by atoms with Gasteiger partial charge in [-0.15, -0.1) is 11.3 Å². The third-order valence-electron chi connectivity index (χ3n) is 3.58. The first-order valence-electron chi connectivity index (χ1n) is 6.00. The monoisotopic (exact) mass is 258 g/mol. The highest BCUT2D eigenvalue weighted by Crippen LogP contribution is 2.37. The fourth-order valence-corrected chi connectivity index (χ4v) is 3.79. The van der Waals surface area contributed by atoms with E-state index in [0.29, 0.717) is 0 Å². The SMILES string of the molecule is CN1CCc2c(C#N)ccc3sc(CO)c(c23)C1. The molecule has 0 fully saturated rings. The number of nitriles is 1. The van der Waals surface area contributed by atoms with E-state index in [0.717, 1.165) is 35.5 Å². The van der Waals surface area contributed by atoms with Crippen molar-refractivity contribution in [1.82, 2.24) is 4.90 Å². The molecule has 3 rings (SSSR count). The number of rotatable bonds is 1. The van der Waals surface area contributed by atoms with Crippen LogP contribution in [0, 0.1) is 11.3 Å². The van der Waals surface area contributed by atoms with Crippen LogP contribution in [-0.4, -0.2) is 23.6 Å². The van der Waals surface area contributed by atoms with Crippen LogP contribution in [0.25, 0.3) is 10.1 Å². The van der Waals surface area contributed by atoms with Crippen LogP contribution in [0.1, 0.15) is 21.6 Å². The van der Waals surface area contributed by atoms with Crippen molar-refractivity contribution in [2.24, 2.45) is 0 Å². The number of hydrogen-bond acceptors (Lipinski definition) is 4. The van der Waals surface area contributed by atoms with Gasteiger partial charge in [-0.1, -0.05) is 0 Å². The molecule has 0 spiro atoms. The minimum atomic E-state index is 0.0871. The van der Waals surface area contributed by atoms with Crippen LogP contribution >= 0.6 is 11.3 Å². The van der Waals surface area contributed by atoms with Gasteiger partial charge in [0.05, 0.1) is 18.2 Å². The Bertz CT molecular complexity index is 654. The van der Waals surface area contributed by atoms with E-state index in [1.165, 1.54) is 15.6 Å². The van der Waals surface area contributed by atoms with E-state index in [-0.39, 0.29) is 6.61 Å². The molecule has 0 aliphatic carbocycles. The third-order valence-corrected chi connectivity index (χ3v) is 4.76. The first kappa shape index (κ1) is 11.7. The number of likely N-dealkylation sites (N-methyl/N-ethyl adjacent to an activating group) is 1. The fraction of sp³-hybridized carbons (Fsp3) is 0.357. The molecule has 18 heavy (non-hydrogen) atoms. The van der Waals surface area contributed by atoms with Crippen molar-refractivity contribution in [1.29, 1.82) is 5.26 Å². The molecule has 0 radical (unpaired) electrons. The van der Waals surface area contributed by atoms with Gasteiger partial charge in [0.15, 0.2) is 0 Å². The largest absolute Gasteiger partial charge is 0.391 e. The second-order valence-corrected chi connectivity index (χ2v) is 5.86. The molecule has 3 nitrogen and oxygen atoms in total. The summed E-state index contributed by atoms with van der Waals surface area (Å²) in [6, 6.07) is 6.21. The van der Waals surface area contributed by atoms with Crippen molar-refractivity contribution in [2.45, 2.75) is 19.6 Å². The highest BCUT2D eigenvalue weighted by Gasteiger charge is 2.21. The van der Waals surface area contributed by atoms with E-state index in [4.69, 9.17) is 0 Å². The maximum atomic E-state index is 9.50. The van der Waals surface area contributed by atoms with Gasteiger partial charge in [0.25, 0.3) is 0 Å². The summed E-state index contributed by atoms with van der Waals surface area (Å²) in [7, 11) is 2.09. The van der Waals surface area contributed by atoms with E-state index in [1.807, 2.05) is 12.1 Å². The molecule has 2 aromatic rings. The number of nitrogens with zero attached hydrogens (tertiary/aromatic N) is 2. The summed E-state index contributed by atoms with van der Waals surface area (Å²) >= 11 is 1.65. The van der Waals surface area contributed by atoms with Gasteiger partial charge in [-0.3, -0.25) is 0 Å². The lowest BCUT2D eigenvalue weighted by Gasteiger charge is -2.13. The molecular formula is C14H14N2OS. The average molecular weight is 258 g/mol. The van der Waals surface area contributed by atoms with Crippen LogP contribution in [0.2, 0.25) is 0 Å². The van der Waals surface area contributed by atoms with Gasteiger partial charge in [-0.05, 0) is 36.7 Å². The summed E-state index contributed by atoms with van der Waals surface area (Å²) in [6.07, 6.45) is 0.908. The first-order valence-corrected chi connectivity index (χ1v) is 6.82. The van der Waals surface area contributed by atoms with Gasteiger partial charge in [-0.2, -0.15) is 5.26 Å². The molecule has 1 aliphatic heterocycles. The quantitative estimate of drug-likeness (QED) is 0.853. The van der Waals surface area contributed by atoms with E-state index in [1.54, 1.807) is 11.3 Å². The lowest BCUT2D eigenvalue weighted by Crippen LogP contribution is -2.19. The molecule has 1 aliphatic rings. The zero-order valence-electron chi connectivity index (χ0n) is 10.2. The molecule has 92 valence electrons. The van der Waals surface area contributed by atoms with Crippen LogP contribution in [0.5, 0.6) is 0 Å². The van der Waals surface area contributed by atoms with Crippen molar-refractivity contribution in [3.05, 3.63) is 33.7 Å². The van der Waals surface area contributed by atoms with Crippen molar-refractivity contribution in [2.75, 3.05) is 13.6 Å². The van der Waals surface area contributed by atoms with E-state index >= 15 is 0 Å². The molecule has 2 heterocycles. The molecule has 4 heteroatoms. The summed E-state index contributed by atoms with van der Waals surface area (Å²) < 4.78 is 1.19. The minimum Gasteiger partial charge on any atom is -0.391 e. The lowest BCUT2D eigenvalue weighted by atomic mass is 9.99. The molecule has 1 aromatic carbocycles. The maximum Gasteiger partial charge on any atom is 0.0994 e. The van der Waals surface area contributed by atoms with E-state index in [9.17, 15) is 10.4 Å². The molecule has 1 N–H and O–H groups in total. The molecule has 0 unspecified atom stereocenters. The smallest absolute Gasteiger partial charge is 0.0994 e. The topological polar surface area (TPSA) is 47.3 Å². The molecule has 0 bridgehead atoms. The van der Waals surface area contributed by atoms with Gasteiger partial charge < -0.3 is 10.0 Å². The predicted octanol–water partition coefficient (Wildman–Crippen LogP) is 2.25. The van der Waals surface area contributed by atoms with Crippen LogP contribution in [-0.2, 0) is 19.6 Å². The Labute approximate surface area is 110 Å². The van der Waals surface area contributed by atoms with Gasteiger partial charge in [0.1, 0.15) is 0 Å². The van der Waals surface area contributed by atoms with Gasteiger partial charge in [-0.25, -0.2) is 0 Å². The molecular weight excluding hydrogens is 244 g/mol. The highest BCUT2D eigenvalue weighted by molar-refractivity contribution is 7.19. The van der Waals surface area contributed by atoms with Crippen LogP contribution in [0.15, 0.2) is 12.1 Å². The number of thiophene rings is 1. The normalized spacial score (nSPS) is 15.6. The van der Waals surface area contributed by atoms with Gasteiger partial charge in [0, 0.05) is 28.1 Å².